The van der Waals surface area contributed by atoms with E-state index in [9.17, 15) is 18.4 Å². The van der Waals surface area contributed by atoms with Crippen LogP contribution in [-0.2, 0) is 13.1 Å². The molecule has 2 amide bonds. The second kappa shape index (κ2) is 20.5. The SMILES string of the molecule is C=C1COc2cn3ncc4c3nc2N1Cc1cc(F)cnc1OC[C@@H](C)NC4=O.CC[C@@H]1COc2cn3ncc4c3nc2N1Cc1cc(F)cnc1OC[C@@H](C)NC4=O.CO.C[O-].[Na+]. The van der Waals surface area contributed by atoms with Crippen LogP contribution >= 0.6 is 0 Å². The van der Waals surface area contributed by atoms with Crippen molar-refractivity contribution in [3.8, 4) is 23.3 Å². The summed E-state index contributed by atoms with van der Waals surface area (Å²) in [5.74, 6) is 1.17. The Balaban J connectivity index is 0.000000195. The minimum absolute atomic E-state index is 0. The van der Waals surface area contributed by atoms with Crippen LogP contribution in [0.15, 0.2) is 61.6 Å². The number of halogens is 2. The van der Waals surface area contributed by atoms with Crippen molar-refractivity contribution in [2.45, 2.75) is 58.4 Å². The Hall–Kier alpha value is -6.20. The molecule has 10 heterocycles. The van der Waals surface area contributed by atoms with E-state index >= 15 is 0 Å². The van der Waals surface area contributed by atoms with Gasteiger partial charge in [0.15, 0.2) is 34.4 Å². The number of fused-ring (bicyclic) bond motifs is 2. The Morgan fingerprint density at radius 2 is 1.27 bits per heavy atom. The van der Waals surface area contributed by atoms with Crippen LogP contribution in [-0.4, -0.2) is 115 Å². The van der Waals surface area contributed by atoms with Gasteiger partial charge in [0.2, 0.25) is 11.8 Å². The van der Waals surface area contributed by atoms with E-state index in [4.69, 9.17) is 34.1 Å². The van der Waals surface area contributed by atoms with Gasteiger partial charge in [-0.3, -0.25) is 9.59 Å². The molecule has 64 heavy (non-hydrogen) atoms. The normalized spacial score (nSPS) is 18.6. The zero-order valence-corrected chi connectivity index (χ0v) is 38.0. The van der Waals surface area contributed by atoms with E-state index in [-0.39, 0.29) is 91.7 Å². The van der Waals surface area contributed by atoms with Crippen molar-refractivity contribution in [1.29, 1.82) is 0 Å². The first kappa shape index (κ1) is 47.3. The van der Waals surface area contributed by atoms with Crippen LogP contribution in [0.5, 0.6) is 23.3 Å². The maximum absolute atomic E-state index is 14.0. The van der Waals surface area contributed by atoms with E-state index in [1.807, 2.05) is 6.92 Å². The summed E-state index contributed by atoms with van der Waals surface area (Å²) in [6.07, 6.45) is 9.36. The molecule has 0 aromatic carbocycles. The van der Waals surface area contributed by atoms with Crippen molar-refractivity contribution < 1.29 is 77.1 Å². The third kappa shape index (κ3) is 9.65. The average Bonchev–Trinajstić information content (AvgIpc) is 3.90. The van der Waals surface area contributed by atoms with Gasteiger partial charge in [0, 0.05) is 18.2 Å². The second-order valence-corrected chi connectivity index (χ2v) is 14.6. The van der Waals surface area contributed by atoms with Gasteiger partial charge in [-0.1, -0.05) is 13.5 Å². The molecular formula is C41H45F2N12NaO8. The summed E-state index contributed by atoms with van der Waals surface area (Å²) in [6.45, 7) is 11.4. The Kier molecular flexibility index (Phi) is 15.2. The van der Waals surface area contributed by atoms with E-state index < -0.39 is 11.6 Å². The standard InChI is InChI=1S/C20H21FN6O3.C19H17FN6O3.CH4O.CH3O.Na/c1-3-14-10-29-16-8-27-17-15(6-23-27)19(28)24-11(2)9-30-20-12(4-13(21)5-22-20)7-26(14)18(16)25-17;1-10-8-29-19-12(3-13(20)4-21-19)6-25-11(2)9-28-15-7-26-16(24-17(15)25)14(5-22-26)18(27)23-10;2*1-2;/h4-6,8,11,14H,3,7,9-10H2,1-2H3,(H,24,28);3-5,7,10H,2,6,8-9H2,1H3,(H,23,27);2H,1H3;1H3;/q;;;-1;+1/t11-,14-;10-;;;/m11.../s1. The van der Waals surface area contributed by atoms with Crippen molar-refractivity contribution in [3.63, 3.8) is 0 Å². The number of hydrogen-bond acceptors (Lipinski definition) is 16. The van der Waals surface area contributed by atoms with Crippen LogP contribution < -0.4 is 74.0 Å². The summed E-state index contributed by atoms with van der Waals surface area (Å²) >= 11 is 0. The van der Waals surface area contributed by atoms with Gasteiger partial charge in [0.1, 0.15) is 49.2 Å². The molecule has 20 nitrogen and oxygen atoms in total. The molecule has 23 heteroatoms. The molecule has 0 saturated carbocycles. The molecule has 332 valence electrons. The number of aliphatic hydroxyl groups excluding tert-OH is 1. The summed E-state index contributed by atoms with van der Waals surface area (Å²) in [4.78, 5) is 47.0. The fraction of sp³-hybridized carbons (Fsp3) is 0.366. The average molecular weight is 895 g/mol. The zero-order valence-electron chi connectivity index (χ0n) is 36.0. The van der Waals surface area contributed by atoms with Crippen LogP contribution in [0.4, 0.5) is 20.4 Å². The van der Waals surface area contributed by atoms with Gasteiger partial charge in [-0.15, -0.1) is 0 Å². The van der Waals surface area contributed by atoms with Crippen molar-refractivity contribution in [3.05, 3.63) is 95.5 Å². The molecule has 6 aromatic rings. The molecule has 3 N–H and O–H groups in total. The van der Waals surface area contributed by atoms with Crippen molar-refractivity contribution in [1.82, 2.24) is 49.8 Å². The van der Waals surface area contributed by atoms with E-state index in [1.54, 1.807) is 24.2 Å². The second-order valence-electron chi connectivity index (χ2n) is 14.6. The number of anilines is 2. The monoisotopic (exact) mass is 894 g/mol. The molecule has 0 saturated heterocycles. The van der Waals surface area contributed by atoms with Crippen molar-refractivity contribution in [2.75, 3.05) is 50.4 Å². The van der Waals surface area contributed by atoms with Crippen LogP contribution in [0.1, 0.15) is 59.0 Å². The summed E-state index contributed by atoms with van der Waals surface area (Å²) in [5.41, 5.74) is 3.29. The van der Waals surface area contributed by atoms with E-state index in [1.165, 1.54) is 33.6 Å². The Morgan fingerprint density at radius 3 is 1.80 bits per heavy atom. The van der Waals surface area contributed by atoms with Crippen LogP contribution in [0, 0.1) is 11.6 Å². The summed E-state index contributed by atoms with van der Waals surface area (Å²) in [5, 5.41) is 29.5. The van der Waals surface area contributed by atoms with Gasteiger partial charge < -0.3 is 49.6 Å². The first-order valence-corrected chi connectivity index (χ1v) is 19.8. The molecule has 0 unspecified atom stereocenters. The molecular weight excluding hydrogens is 850 g/mol. The fourth-order valence-corrected chi connectivity index (χ4v) is 7.13. The first-order valence-electron chi connectivity index (χ1n) is 19.8. The Labute approximate surface area is 387 Å². The minimum atomic E-state index is -0.474. The van der Waals surface area contributed by atoms with Gasteiger partial charge in [-0.2, -0.15) is 17.3 Å². The van der Waals surface area contributed by atoms with E-state index in [0.29, 0.717) is 81.4 Å². The van der Waals surface area contributed by atoms with Crippen molar-refractivity contribution >= 4 is 34.7 Å². The molecule has 0 spiro atoms. The van der Waals surface area contributed by atoms with Crippen LogP contribution in [0.3, 0.4) is 0 Å². The molecule has 4 aliphatic rings. The molecule has 0 aliphatic carbocycles. The largest absolute Gasteiger partial charge is 1.00 e. The number of aliphatic hydroxyl groups is 1. The number of aromatic nitrogens is 8. The first-order chi connectivity index (χ1) is 30.5. The molecule has 3 atom stereocenters. The number of ether oxygens (including phenoxy) is 4. The van der Waals surface area contributed by atoms with Crippen molar-refractivity contribution in [2.24, 2.45) is 0 Å². The smallest absolute Gasteiger partial charge is 0.857 e. The fourth-order valence-electron chi connectivity index (χ4n) is 7.13. The Morgan fingerprint density at radius 1 is 0.766 bits per heavy atom. The van der Waals surface area contributed by atoms with Gasteiger partial charge in [-0.25, -0.2) is 37.7 Å². The molecule has 10 rings (SSSR count). The number of carbonyl (C=O) groups is 2. The summed E-state index contributed by atoms with van der Waals surface area (Å²) < 4.78 is 54.3. The number of amides is 2. The summed E-state index contributed by atoms with van der Waals surface area (Å²) in [6, 6.07) is 2.20. The molecule has 4 aliphatic heterocycles. The summed E-state index contributed by atoms with van der Waals surface area (Å²) in [7, 11) is 1.75. The number of nitrogens with zero attached hydrogens (tertiary/aromatic N) is 10. The van der Waals surface area contributed by atoms with E-state index in [2.05, 4.69) is 54.2 Å². The minimum Gasteiger partial charge on any atom is -0.857 e. The third-order valence-electron chi connectivity index (χ3n) is 10.2. The predicted molar refractivity (Wildman–Crippen MR) is 220 cm³/mol. The quantitative estimate of drug-likeness (QED) is 0.172. The zero-order chi connectivity index (χ0) is 44.9. The molecule has 0 fully saturated rings. The molecule has 4 bridgehead atoms. The van der Waals surface area contributed by atoms with Gasteiger partial charge >= 0.3 is 29.6 Å². The maximum Gasteiger partial charge on any atom is 1.00 e. The van der Waals surface area contributed by atoms with E-state index in [0.717, 1.165) is 33.0 Å². The number of nitrogens with one attached hydrogen (secondary N) is 2. The number of hydrogen-bond donors (Lipinski definition) is 3. The van der Waals surface area contributed by atoms with Gasteiger partial charge in [-0.05, 0) is 32.4 Å². The Bertz CT molecular complexity index is 2670. The number of carbonyl (C=O) groups excluding carboxylic acids is 2. The maximum atomic E-state index is 14.0. The van der Waals surface area contributed by atoms with Gasteiger partial charge in [0.25, 0.3) is 11.8 Å². The predicted octanol–water partition coefficient (Wildman–Crippen LogP) is -0.772. The number of pyridine rings is 2. The van der Waals surface area contributed by atoms with Crippen LogP contribution in [0.25, 0.3) is 11.3 Å². The van der Waals surface area contributed by atoms with Crippen LogP contribution in [0.2, 0.25) is 0 Å². The molecule has 0 radical (unpaired) electrons. The molecule has 6 aromatic heterocycles. The third-order valence-corrected chi connectivity index (χ3v) is 10.2. The van der Waals surface area contributed by atoms with Gasteiger partial charge in [0.05, 0.1) is 74.1 Å². The number of rotatable bonds is 1. The topological polar surface area (TPSA) is 231 Å².